The highest BCUT2D eigenvalue weighted by atomic mass is 16.7. The number of carbonyl (C=O) groups excluding carboxylic acids is 1. The minimum Gasteiger partial charge on any atom is -0.465 e. The summed E-state index contributed by atoms with van der Waals surface area (Å²) in [4.78, 5) is 12.5. The van der Waals surface area contributed by atoms with Crippen LogP contribution in [0.1, 0.15) is 69.8 Å². The largest absolute Gasteiger partial charge is 0.495 e. The third-order valence-electron chi connectivity index (χ3n) is 5.79. The predicted molar refractivity (Wildman–Crippen MR) is 107 cm³/mol. The third-order valence-corrected chi connectivity index (χ3v) is 5.79. The molecule has 2 heterocycles. The number of methoxy groups -OCH3 is 1. The normalized spacial score (nSPS) is 23.6. The Bertz CT molecular complexity index is 708. The van der Waals surface area contributed by atoms with Gasteiger partial charge in [-0.15, -0.1) is 0 Å². The number of ether oxygens (including phenoxy) is 3. The Morgan fingerprint density at radius 3 is 2.39 bits per heavy atom. The first kappa shape index (κ1) is 21.3. The number of hydrogen-bond acceptors (Lipinski definition) is 6. The second kappa shape index (κ2) is 8.15. The van der Waals surface area contributed by atoms with Gasteiger partial charge in [-0.1, -0.05) is 0 Å². The van der Waals surface area contributed by atoms with Crippen molar-refractivity contribution in [3.8, 4) is 5.75 Å². The molecule has 0 aliphatic carbocycles. The Kier molecular flexibility index (Phi) is 6.20. The van der Waals surface area contributed by atoms with Crippen molar-refractivity contribution >= 4 is 18.4 Å². The highest BCUT2D eigenvalue weighted by Crippen LogP contribution is 2.37. The lowest BCUT2D eigenvalue weighted by Gasteiger charge is -2.32. The van der Waals surface area contributed by atoms with Gasteiger partial charge in [-0.2, -0.15) is 0 Å². The maximum absolute atomic E-state index is 12.5. The number of benzene rings is 1. The average Bonchev–Trinajstić information content (AvgIpc) is 2.83. The van der Waals surface area contributed by atoms with Crippen molar-refractivity contribution < 1.29 is 28.3 Å². The van der Waals surface area contributed by atoms with Gasteiger partial charge in [0.25, 0.3) is 0 Å². The van der Waals surface area contributed by atoms with E-state index in [4.69, 9.17) is 23.5 Å². The summed E-state index contributed by atoms with van der Waals surface area (Å²) in [5, 5.41) is 0. The molecule has 2 aliphatic rings. The molecule has 2 aliphatic heterocycles. The minimum absolute atomic E-state index is 0.0581. The highest BCUT2D eigenvalue weighted by molar-refractivity contribution is 6.64. The quantitative estimate of drug-likeness (QED) is 0.549. The Balaban J connectivity index is 2.01. The third kappa shape index (κ3) is 4.27. The van der Waals surface area contributed by atoms with E-state index in [2.05, 4.69) is 0 Å². The maximum atomic E-state index is 12.5. The van der Waals surface area contributed by atoms with Gasteiger partial charge in [0, 0.05) is 19.1 Å². The average molecular weight is 390 g/mol. The zero-order valence-electron chi connectivity index (χ0n) is 17.8. The lowest BCUT2D eigenvalue weighted by atomic mass is 9.73. The fourth-order valence-corrected chi connectivity index (χ4v) is 3.57. The van der Waals surface area contributed by atoms with Gasteiger partial charge < -0.3 is 23.5 Å². The minimum atomic E-state index is -0.657. The lowest BCUT2D eigenvalue weighted by molar-refractivity contribution is -0.105. The summed E-state index contributed by atoms with van der Waals surface area (Å²) >= 11 is 0. The zero-order chi connectivity index (χ0) is 20.5. The molecule has 28 heavy (non-hydrogen) atoms. The van der Waals surface area contributed by atoms with Crippen LogP contribution in [-0.4, -0.2) is 44.1 Å². The summed E-state index contributed by atoms with van der Waals surface area (Å²) in [6, 6.07) is 3.70. The van der Waals surface area contributed by atoms with Crippen LogP contribution in [0, 0.1) is 0 Å². The fraction of sp³-hybridized carbons (Fsp3) is 0.667. The Labute approximate surface area is 168 Å². The van der Waals surface area contributed by atoms with Crippen molar-refractivity contribution in [2.45, 2.75) is 78.0 Å². The van der Waals surface area contributed by atoms with Gasteiger partial charge in [-0.05, 0) is 70.6 Å². The smallest absolute Gasteiger partial charge is 0.465 e. The van der Waals surface area contributed by atoms with E-state index in [1.54, 1.807) is 14.0 Å². The second-order valence-corrected chi connectivity index (χ2v) is 8.54. The zero-order valence-corrected chi connectivity index (χ0v) is 17.8. The number of rotatable bonds is 6. The van der Waals surface area contributed by atoms with E-state index < -0.39 is 18.3 Å². The van der Waals surface area contributed by atoms with E-state index in [0.717, 1.165) is 24.8 Å². The van der Waals surface area contributed by atoms with Gasteiger partial charge in [-0.3, -0.25) is 4.79 Å². The van der Waals surface area contributed by atoms with Crippen LogP contribution in [0.4, 0.5) is 0 Å². The van der Waals surface area contributed by atoms with E-state index in [0.29, 0.717) is 30.0 Å². The second-order valence-electron chi connectivity index (χ2n) is 8.54. The van der Waals surface area contributed by atoms with E-state index in [1.807, 2.05) is 39.8 Å². The van der Waals surface area contributed by atoms with Gasteiger partial charge in [0.15, 0.2) is 12.1 Å². The monoisotopic (exact) mass is 390 g/mol. The van der Waals surface area contributed by atoms with Gasteiger partial charge >= 0.3 is 7.12 Å². The molecule has 154 valence electrons. The van der Waals surface area contributed by atoms with Crippen LogP contribution in [-0.2, 0) is 25.4 Å². The van der Waals surface area contributed by atoms with Crippen LogP contribution in [0.2, 0.25) is 0 Å². The maximum Gasteiger partial charge on any atom is 0.495 e. The summed E-state index contributed by atoms with van der Waals surface area (Å²) < 4.78 is 29.6. The van der Waals surface area contributed by atoms with E-state index >= 15 is 0 Å². The van der Waals surface area contributed by atoms with E-state index in [-0.39, 0.29) is 12.1 Å². The molecule has 0 saturated carbocycles. The molecule has 3 rings (SSSR count). The first-order valence-electron chi connectivity index (χ1n) is 9.95. The van der Waals surface area contributed by atoms with Crippen molar-refractivity contribution in [1.82, 2.24) is 0 Å². The fourth-order valence-electron chi connectivity index (χ4n) is 3.57. The van der Waals surface area contributed by atoms with E-state index in [9.17, 15) is 4.79 Å². The van der Waals surface area contributed by atoms with Crippen molar-refractivity contribution in [2.24, 2.45) is 0 Å². The van der Waals surface area contributed by atoms with Crippen LogP contribution in [0.3, 0.4) is 0 Å². The molecule has 0 radical (unpaired) electrons. The molecule has 0 aromatic heterocycles. The standard InChI is InChI=1S/C21H31BO6/c1-14(23)19-15(13-24-6)11-16(26-18-9-7-8-10-25-18)12-17(19)22-27-20(2,3)21(4,5)28-22/h11-12,18H,7-10,13H2,1-6H3. The van der Waals surface area contributed by atoms with Crippen molar-refractivity contribution in [3.63, 3.8) is 0 Å². The number of ketones is 1. The Morgan fingerprint density at radius 2 is 1.86 bits per heavy atom. The molecule has 1 unspecified atom stereocenters. The molecule has 7 heteroatoms. The molecule has 0 N–H and O–H groups in total. The first-order valence-corrected chi connectivity index (χ1v) is 9.95. The van der Waals surface area contributed by atoms with E-state index in [1.165, 1.54) is 0 Å². The van der Waals surface area contributed by atoms with Crippen LogP contribution < -0.4 is 10.2 Å². The summed E-state index contributed by atoms with van der Waals surface area (Å²) in [5.74, 6) is 0.575. The molecule has 0 spiro atoms. The van der Waals surface area contributed by atoms with Gasteiger partial charge in [-0.25, -0.2) is 0 Å². The van der Waals surface area contributed by atoms with Gasteiger partial charge in [0.2, 0.25) is 0 Å². The van der Waals surface area contributed by atoms with Crippen LogP contribution >= 0.6 is 0 Å². The molecule has 2 fully saturated rings. The lowest BCUT2D eigenvalue weighted by Crippen LogP contribution is -2.41. The molecule has 1 aromatic carbocycles. The first-order chi connectivity index (χ1) is 13.1. The van der Waals surface area contributed by atoms with Crippen LogP contribution in [0.25, 0.3) is 0 Å². The summed E-state index contributed by atoms with van der Waals surface area (Å²) in [6.45, 7) is 10.5. The Morgan fingerprint density at radius 1 is 1.18 bits per heavy atom. The number of Topliss-reactive ketones (excluding diaryl/α,β-unsaturated/α-hetero) is 1. The molecule has 1 atom stereocenters. The molecular formula is C21H31BO6. The summed E-state index contributed by atoms with van der Waals surface area (Å²) in [5.41, 5.74) is 0.990. The predicted octanol–water partition coefficient (Wildman–Crippen LogP) is 3.24. The van der Waals surface area contributed by atoms with Crippen LogP contribution in [0.15, 0.2) is 12.1 Å². The van der Waals surface area contributed by atoms with Gasteiger partial charge in [0.1, 0.15) is 5.75 Å². The summed E-state index contributed by atoms with van der Waals surface area (Å²) in [6.07, 6.45) is 2.70. The Hall–Kier alpha value is -1.41. The topological polar surface area (TPSA) is 63.2 Å². The summed E-state index contributed by atoms with van der Waals surface area (Å²) in [7, 11) is 0.950. The SMILES string of the molecule is COCc1cc(OC2CCCCO2)cc(B2OC(C)(C)C(C)(C)O2)c1C(C)=O. The van der Waals surface area contributed by atoms with Gasteiger partial charge in [0.05, 0.1) is 24.4 Å². The number of hydrogen-bond donors (Lipinski definition) is 0. The molecule has 2 saturated heterocycles. The highest BCUT2D eigenvalue weighted by Gasteiger charge is 2.52. The number of carbonyl (C=O) groups is 1. The molecule has 1 aromatic rings. The van der Waals surface area contributed by atoms with Crippen molar-refractivity contribution in [1.29, 1.82) is 0 Å². The molecular weight excluding hydrogens is 359 g/mol. The molecule has 6 nitrogen and oxygen atoms in total. The molecule has 0 amide bonds. The molecule has 0 bridgehead atoms. The van der Waals surface area contributed by atoms with Crippen molar-refractivity contribution in [2.75, 3.05) is 13.7 Å². The van der Waals surface area contributed by atoms with Crippen LogP contribution in [0.5, 0.6) is 5.75 Å². The van der Waals surface area contributed by atoms with Crippen molar-refractivity contribution in [3.05, 3.63) is 23.3 Å².